The van der Waals surface area contributed by atoms with Crippen molar-refractivity contribution >= 4 is 11.9 Å². The van der Waals surface area contributed by atoms with Gasteiger partial charge in [-0.25, -0.2) is 0 Å². The number of carboxylic acid groups (broad SMARTS) is 1. The lowest BCUT2D eigenvalue weighted by Gasteiger charge is -2.21. The standard InChI is InChI=1S/C12H22N2O3/c1-9(2)13-6-5-11(15)14(8-12(16)17)7-10-3-4-10/h9-10,13H,3-8H2,1-2H3,(H,16,17). The van der Waals surface area contributed by atoms with Crippen LogP contribution < -0.4 is 5.32 Å². The molecule has 0 unspecified atom stereocenters. The van der Waals surface area contributed by atoms with Gasteiger partial charge in [0.1, 0.15) is 6.54 Å². The van der Waals surface area contributed by atoms with Crippen molar-refractivity contribution in [1.82, 2.24) is 10.2 Å². The summed E-state index contributed by atoms with van der Waals surface area (Å²) >= 11 is 0. The van der Waals surface area contributed by atoms with Gasteiger partial charge in [0.15, 0.2) is 0 Å². The Balaban J connectivity index is 2.32. The van der Waals surface area contributed by atoms with Crippen LogP contribution in [0.25, 0.3) is 0 Å². The Morgan fingerprint density at radius 3 is 2.53 bits per heavy atom. The second kappa shape index (κ2) is 6.59. The minimum absolute atomic E-state index is 0.0625. The highest BCUT2D eigenvalue weighted by atomic mass is 16.4. The van der Waals surface area contributed by atoms with E-state index in [0.717, 1.165) is 12.8 Å². The average Bonchev–Trinajstić information content (AvgIpc) is 2.99. The van der Waals surface area contributed by atoms with Gasteiger partial charge >= 0.3 is 5.97 Å². The van der Waals surface area contributed by atoms with E-state index in [9.17, 15) is 9.59 Å². The second-order valence-electron chi connectivity index (χ2n) is 4.97. The van der Waals surface area contributed by atoms with Gasteiger partial charge in [0, 0.05) is 25.6 Å². The fourth-order valence-electron chi connectivity index (χ4n) is 1.66. The van der Waals surface area contributed by atoms with Crippen molar-refractivity contribution in [2.75, 3.05) is 19.6 Å². The van der Waals surface area contributed by atoms with Gasteiger partial charge in [0.05, 0.1) is 0 Å². The van der Waals surface area contributed by atoms with Gasteiger partial charge in [0.25, 0.3) is 0 Å². The van der Waals surface area contributed by atoms with Crippen molar-refractivity contribution in [3.8, 4) is 0 Å². The Morgan fingerprint density at radius 2 is 2.06 bits per heavy atom. The molecule has 98 valence electrons. The van der Waals surface area contributed by atoms with E-state index in [0.29, 0.717) is 31.5 Å². The van der Waals surface area contributed by atoms with E-state index in [1.165, 1.54) is 4.90 Å². The number of hydrogen-bond acceptors (Lipinski definition) is 3. The van der Waals surface area contributed by atoms with Gasteiger partial charge in [0.2, 0.25) is 5.91 Å². The smallest absolute Gasteiger partial charge is 0.323 e. The number of carbonyl (C=O) groups excluding carboxylic acids is 1. The van der Waals surface area contributed by atoms with Crippen LogP contribution in [0.2, 0.25) is 0 Å². The minimum Gasteiger partial charge on any atom is -0.480 e. The van der Waals surface area contributed by atoms with Crippen molar-refractivity contribution in [2.45, 2.75) is 39.2 Å². The zero-order chi connectivity index (χ0) is 12.8. The van der Waals surface area contributed by atoms with E-state index in [4.69, 9.17) is 5.11 Å². The van der Waals surface area contributed by atoms with Crippen LogP contribution in [-0.4, -0.2) is 47.6 Å². The quantitative estimate of drug-likeness (QED) is 0.657. The van der Waals surface area contributed by atoms with E-state index in [2.05, 4.69) is 5.32 Å². The van der Waals surface area contributed by atoms with Gasteiger partial charge in [-0.15, -0.1) is 0 Å². The van der Waals surface area contributed by atoms with Crippen molar-refractivity contribution < 1.29 is 14.7 Å². The van der Waals surface area contributed by atoms with Crippen LogP contribution in [0, 0.1) is 5.92 Å². The third kappa shape index (κ3) is 6.26. The molecule has 5 heteroatoms. The molecule has 5 nitrogen and oxygen atoms in total. The average molecular weight is 242 g/mol. The third-order valence-corrected chi connectivity index (χ3v) is 2.75. The van der Waals surface area contributed by atoms with E-state index in [-0.39, 0.29) is 12.5 Å². The maximum atomic E-state index is 11.8. The molecule has 0 radical (unpaired) electrons. The highest BCUT2D eigenvalue weighted by molar-refractivity contribution is 5.81. The van der Waals surface area contributed by atoms with E-state index < -0.39 is 5.97 Å². The second-order valence-corrected chi connectivity index (χ2v) is 4.97. The lowest BCUT2D eigenvalue weighted by atomic mass is 10.3. The van der Waals surface area contributed by atoms with Gasteiger partial charge in [-0.1, -0.05) is 13.8 Å². The molecule has 0 aromatic carbocycles. The lowest BCUT2D eigenvalue weighted by molar-refractivity contribution is -0.144. The van der Waals surface area contributed by atoms with Crippen molar-refractivity contribution in [3.05, 3.63) is 0 Å². The molecule has 17 heavy (non-hydrogen) atoms. The normalized spacial score (nSPS) is 15.0. The number of carbonyl (C=O) groups is 2. The van der Waals surface area contributed by atoms with Crippen LogP contribution in [-0.2, 0) is 9.59 Å². The summed E-state index contributed by atoms with van der Waals surface area (Å²) in [6.45, 7) is 5.08. The van der Waals surface area contributed by atoms with Gasteiger partial charge < -0.3 is 15.3 Å². The molecule has 0 spiro atoms. The molecule has 1 aliphatic carbocycles. The Labute approximate surface area is 102 Å². The first-order valence-corrected chi connectivity index (χ1v) is 6.22. The van der Waals surface area contributed by atoms with Crippen LogP contribution in [0.4, 0.5) is 0 Å². The summed E-state index contributed by atoms with van der Waals surface area (Å²) in [5.41, 5.74) is 0. The Hall–Kier alpha value is -1.10. The van der Waals surface area contributed by atoms with Crippen LogP contribution in [0.5, 0.6) is 0 Å². The number of amides is 1. The fraction of sp³-hybridized carbons (Fsp3) is 0.833. The summed E-state index contributed by atoms with van der Waals surface area (Å²) in [5.74, 6) is -0.473. The molecule has 1 amide bonds. The molecule has 0 aliphatic heterocycles. The van der Waals surface area contributed by atoms with Gasteiger partial charge in [-0.3, -0.25) is 9.59 Å². The molecular weight excluding hydrogens is 220 g/mol. The maximum Gasteiger partial charge on any atom is 0.323 e. The molecular formula is C12H22N2O3. The molecule has 1 saturated carbocycles. The largest absolute Gasteiger partial charge is 0.480 e. The number of carboxylic acids is 1. The Morgan fingerprint density at radius 1 is 1.41 bits per heavy atom. The Kier molecular flexibility index (Phi) is 5.41. The van der Waals surface area contributed by atoms with Crippen LogP contribution >= 0.6 is 0 Å². The SMILES string of the molecule is CC(C)NCCC(=O)N(CC(=O)O)CC1CC1. The van der Waals surface area contributed by atoms with E-state index >= 15 is 0 Å². The summed E-state index contributed by atoms with van der Waals surface area (Å²) in [6, 6.07) is 0.346. The topological polar surface area (TPSA) is 69.6 Å². The number of nitrogens with one attached hydrogen (secondary N) is 1. The zero-order valence-electron chi connectivity index (χ0n) is 10.6. The predicted molar refractivity (Wildman–Crippen MR) is 64.7 cm³/mol. The molecule has 0 bridgehead atoms. The van der Waals surface area contributed by atoms with Crippen LogP contribution in [0.15, 0.2) is 0 Å². The number of hydrogen-bond donors (Lipinski definition) is 2. The van der Waals surface area contributed by atoms with Crippen LogP contribution in [0.3, 0.4) is 0 Å². The number of rotatable bonds is 8. The molecule has 1 rings (SSSR count). The summed E-state index contributed by atoms with van der Waals surface area (Å²) < 4.78 is 0. The first-order chi connectivity index (χ1) is 7.99. The highest BCUT2D eigenvalue weighted by Gasteiger charge is 2.27. The third-order valence-electron chi connectivity index (χ3n) is 2.75. The van der Waals surface area contributed by atoms with Gasteiger partial charge in [-0.2, -0.15) is 0 Å². The first kappa shape index (κ1) is 14.0. The highest BCUT2D eigenvalue weighted by Crippen LogP contribution is 2.29. The summed E-state index contributed by atoms with van der Waals surface area (Å²) in [4.78, 5) is 24.0. The summed E-state index contributed by atoms with van der Waals surface area (Å²) in [5, 5.41) is 11.9. The first-order valence-electron chi connectivity index (χ1n) is 6.22. The molecule has 2 N–H and O–H groups in total. The fourth-order valence-corrected chi connectivity index (χ4v) is 1.66. The summed E-state index contributed by atoms with van der Waals surface area (Å²) in [6.07, 6.45) is 2.61. The zero-order valence-corrected chi connectivity index (χ0v) is 10.6. The molecule has 0 atom stereocenters. The maximum absolute atomic E-state index is 11.8. The predicted octanol–water partition coefficient (Wildman–Crippen LogP) is 0.698. The van der Waals surface area contributed by atoms with Crippen LogP contribution in [0.1, 0.15) is 33.1 Å². The van der Waals surface area contributed by atoms with Crippen molar-refractivity contribution in [2.24, 2.45) is 5.92 Å². The summed E-state index contributed by atoms with van der Waals surface area (Å²) in [7, 11) is 0. The molecule has 1 aliphatic rings. The van der Waals surface area contributed by atoms with E-state index in [1.54, 1.807) is 0 Å². The van der Waals surface area contributed by atoms with Gasteiger partial charge in [-0.05, 0) is 18.8 Å². The van der Waals surface area contributed by atoms with Crippen molar-refractivity contribution in [1.29, 1.82) is 0 Å². The molecule has 0 aromatic heterocycles. The molecule has 0 saturated heterocycles. The van der Waals surface area contributed by atoms with Crippen molar-refractivity contribution in [3.63, 3.8) is 0 Å². The lowest BCUT2D eigenvalue weighted by Crippen LogP contribution is -2.39. The monoisotopic (exact) mass is 242 g/mol. The number of aliphatic carboxylic acids is 1. The molecule has 0 aromatic rings. The number of nitrogens with zero attached hydrogens (tertiary/aromatic N) is 1. The Bertz CT molecular complexity index is 275. The molecule has 1 fully saturated rings. The molecule has 0 heterocycles. The van der Waals surface area contributed by atoms with E-state index in [1.807, 2.05) is 13.8 Å². The minimum atomic E-state index is -0.934.